The fraction of sp³-hybridized carbons (Fsp3) is 0.688. The van der Waals surface area contributed by atoms with E-state index < -0.39 is 0 Å². The molecule has 24 heavy (non-hydrogen) atoms. The summed E-state index contributed by atoms with van der Waals surface area (Å²) in [6.45, 7) is 4.36. The normalized spacial score (nSPS) is 24.7. The lowest BCUT2D eigenvalue weighted by Crippen LogP contribution is -2.53. The zero-order valence-corrected chi connectivity index (χ0v) is 16.5. The van der Waals surface area contributed by atoms with E-state index in [2.05, 4.69) is 30.1 Å². The van der Waals surface area contributed by atoms with Crippen LogP contribution >= 0.6 is 24.0 Å². The SMILES string of the molecule is CN=C(NCC1CCCC1O)N1CCN(c2ncccn2)CC1.I. The van der Waals surface area contributed by atoms with Crippen LogP contribution in [0.4, 0.5) is 5.95 Å². The Bertz CT molecular complexity index is 521. The van der Waals surface area contributed by atoms with Crippen molar-refractivity contribution in [1.29, 1.82) is 0 Å². The van der Waals surface area contributed by atoms with Crippen molar-refractivity contribution >= 4 is 35.9 Å². The smallest absolute Gasteiger partial charge is 0.225 e. The number of guanidine groups is 1. The van der Waals surface area contributed by atoms with Crippen molar-refractivity contribution in [2.45, 2.75) is 25.4 Å². The quantitative estimate of drug-likeness (QED) is 0.409. The molecule has 0 radical (unpaired) electrons. The molecule has 2 fully saturated rings. The Labute approximate surface area is 160 Å². The van der Waals surface area contributed by atoms with Gasteiger partial charge < -0.3 is 20.2 Å². The Morgan fingerprint density at radius 2 is 1.96 bits per heavy atom. The zero-order chi connectivity index (χ0) is 16.1. The van der Waals surface area contributed by atoms with E-state index in [1.165, 1.54) is 0 Å². The maximum Gasteiger partial charge on any atom is 0.225 e. The molecule has 1 aromatic rings. The number of aliphatic hydroxyl groups is 1. The molecule has 1 saturated carbocycles. The molecule has 7 nitrogen and oxygen atoms in total. The summed E-state index contributed by atoms with van der Waals surface area (Å²) < 4.78 is 0. The second-order valence-corrected chi connectivity index (χ2v) is 6.21. The second kappa shape index (κ2) is 9.36. The maximum absolute atomic E-state index is 9.93. The number of nitrogens with zero attached hydrogens (tertiary/aromatic N) is 5. The van der Waals surface area contributed by atoms with E-state index in [-0.39, 0.29) is 30.1 Å². The Morgan fingerprint density at radius 1 is 1.25 bits per heavy atom. The number of halogens is 1. The molecule has 1 aromatic heterocycles. The molecule has 2 unspecified atom stereocenters. The van der Waals surface area contributed by atoms with E-state index in [4.69, 9.17) is 0 Å². The molecule has 2 aliphatic rings. The molecule has 1 saturated heterocycles. The number of aromatic nitrogens is 2. The van der Waals surface area contributed by atoms with Crippen molar-refractivity contribution in [2.24, 2.45) is 10.9 Å². The summed E-state index contributed by atoms with van der Waals surface area (Å²) in [4.78, 5) is 17.5. The summed E-state index contributed by atoms with van der Waals surface area (Å²) in [5.74, 6) is 2.08. The van der Waals surface area contributed by atoms with Crippen molar-refractivity contribution < 1.29 is 5.11 Å². The molecule has 2 atom stereocenters. The lowest BCUT2D eigenvalue weighted by molar-refractivity contribution is 0.133. The molecular weight excluding hydrogens is 419 g/mol. The zero-order valence-electron chi connectivity index (χ0n) is 14.1. The van der Waals surface area contributed by atoms with E-state index in [1.54, 1.807) is 12.4 Å². The lowest BCUT2D eigenvalue weighted by atomic mass is 10.1. The average Bonchev–Trinajstić information content (AvgIpc) is 3.02. The van der Waals surface area contributed by atoms with Crippen molar-refractivity contribution in [2.75, 3.05) is 44.7 Å². The fourth-order valence-electron chi connectivity index (χ4n) is 3.38. The predicted octanol–water partition coefficient (Wildman–Crippen LogP) is 0.953. The molecule has 134 valence electrons. The van der Waals surface area contributed by atoms with Crippen LogP contribution in [0, 0.1) is 5.92 Å². The molecule has 1 aliphatic carbocycles. The van der Waals surface area contributed by atoms with E-state index in [0.717, 1.165) is 63.9 Å². The number of piperazine rings is 1. The Hall–Kier alpha value is -1.16. The molecule has 0 bridgehead atoms. The number of hydrogen-bond donors (Lipinski definition) is 2. The van der Waals surface area contributed by atoms with Crippen LogP contribution in [0.1, 0.15) is 19.3 Å². The molecular formula is C16H27IN6O. The summed E-state index contributed by atoms with van der Waals surface area (Å²) in [6, 6.07) is 1.84. The van der Waals surface area contributed by atoms with Gasteiger partial charge in [-0.15, -0.1) is 24.0 Å². The molecule has 0 amide bonds. The highest BCUT2D eigenvalue weighted by atomic mass is 127. The van der Waals surface area contributed by atoms with Gasteiger partial charge in [-0.25, -0.2) is 9.97 Å². The highest BCUT2D eigenvalue weighted by molar-refractivity contribution is 14.0. The third-order valence-electron chi connectivity index (χ3n) is 4.77. The van der Waals surface area contributed by atoms with E-state index in [9.17, 15) is 5.11 Å². The first-order valence-electron chi connectivity index (χ1n) is 8.43. The standard InChI is InChI=1S/C16H26N6O.HI/c1-17-15(20-12-13-4-2-5-14(13)23)21-8-10-22(11-9-21)16-18-6-3-7-19-16;/h3,6-7,13-14,23H,2,4-5,8-12H2,1H3,(H,17,20);1H. The van der Waals surface area contributed by atoms with Gasteiger partial charge in [0.05, 0.1) is 6.10 Å². The molecule has 2 heterocycles. The molecule has 0 aromatic carbocycles. The minimum atomic E-state index is -0.160. The van der Waals surface area contributed by atoms with Crippen molar-refractivity contribution in [3.63, 3.8) is 0 Å². The molecule has 1 aliphatic heterocycles. The molecule has 2 N–H and O–H groups in total. The van der Waals surface area contributed by atoms with E-state index >= 15 is 0 Å². The van der Waals surface area contributed by atoms with Crippen LogP contribution in [0.2, 0.25) is 0 Å². The van der Waals surface area contributed by atoms with Crippen LogP contribution in [0.25, 0.3) is 0 Å². The van der Waals surface area contributed by atoms with Gasteiger partial charge in [-0.05, 0) is 18.9 Å². The third-order valence-corrected chi connectivity index (χ3v) is 4.77. The van der Waals surface area contributed by atoms with Gasteiger partial charge >= 0.3 is 0 Å². The number of anilines is 1. The molecule has 0 spiro atoms. The summed E-state index contributed by atoms with van der Waals surface area (Å²) in [5, 5.41) is 13.4. The Balaban J connectivity index is 0.00000208. The van der Waals surface area contributed by atoms with Crippen molar-refractivity contribution in [3.8, 4) is 0 Å². The highest BCUT2D eigenvalue weighted by Crippen LogP contribution is 2.24. The molecule has 3 rings (SSSR count). The maximum atomic E-state index is 9.93. The first-order valence-corrected chi connectivity index (χ1v) is 8.43. The summed E-state index contributed by atoms with van der Waals surface area (Å²) in [6.07, 6.45) is 6.56. The first-order chi connectivity index (χ1) is 11.3. The number of aliphatic imine (C=N–C) groups is 1. The summed E-state index contributed by atoms with van der Waals surface area (Å²) >= 11 is 0. The Morgan fingerprint density at radius 3 is 2.54 bits per heavy atom. The number of nitrogens with one attached hydrogen (secondary N) is 1. The van der Waals surface area contributed by atoms with Crippen LogP contribution in [0.5, 0.6) is 0 Å². The van der Waals surface area contributed by atoms with E-state index in [1.807, 2.05) is 13.1 Å². The number of aliphatic hydroxyl groups excluding tert-OH is 1. The van der Waals surface area contributed by atoms with Crippen molar-refractivity contribution in [1.82, 2.24) is 20.2 Å². The van der Waals surface area contributed by atoms with Gasteiger partial charge in [0.1, 0.15) is 0 Å². The highest BCUT2D eigenvalue weighted by Gasteiger charge is 2.26. The van der Waals surface area contributed by atoms with Crippen molar-refractivity contribution in [3.05, 3.63) is 18.5 Å². The van der Waals surface area contributed by atoms with Gasteiger partial charge in [0.15, 0.2) is 5.96 Å². The Kier molecular flexibility index (Phi) is 7.47. The van der Waals surface area contributed by atoms with Gasteiger partial charge in [0.2, 0.25) is 5.95 Å². The minimum absolute atomic E-state index is 0. The van der Waals surface area contributed by atoms with Gasteiger partial charge in [-0.2, -0.15) is 0 Å². The van der Waals surface area contributed by atoms with Gasteiger partial charge in [-0.1, -0.05) is 6.42 Å². The second-order valence-electron chi connectivity index (χ2n) is 6.21. The lowest BCUT2D eigenvalue weighted by Gasteiger charge is -2.36. The number of hydrogen-bond acceptors (Lipinski definition) is 5. The largest absolute Gasteiger partial charge is 0.393 e. The van der Waals surface area contributed by atoms with Gasteiger partial charge in [0, 0.05) is 58.1 Å². The third kappa shape index (κ3) is 4.69. The van der Waals surface area contributed by atoms with E-state index in [0.29, 0.717) is 5.92 Å². The minimum Gasteiger partial charge on any atom is -0.393 e. The average molecular weight is 446 g/mol. The van der Waals surface area contributed by atoms with Crippen LogP contribution in [-0.4, -0.2) is 71.8 Å². The van der Waals surface area contributed by atoms with Crippen LogP contribution in [0.3, 0.4) is 0 Å². The topological polar surface area (TPSA) is 76.9 Å². The van der Waals surface area contributed by atoms with Gasteiger partial charge in [0.25, 0.3) is 0 Å². The van der Waals surface area contributed by atoms with Gasteiger partial charge in [-0.3, -0.25) is 4.99 Å². The molecule has 8 heteroatoms. The first kappa shape index (κ1) is 19.2. The van der Waals surface area contributed by atoms with Crippen LogP contribution in [0.15, 0.2) is 23.5 Å². The summed E-state index contributed by atoms with van der Waals surface area (Å²) in [5.41, 5.74) is 0. The fourth-order valence-corrected chi connectivity index (χ4v) is 3.38. The predicted molar refractivity (Wildman–Crippen MR) is 106 cm³/mol. The van der Waals surface area contributed by atoms with Crippen LogP contribution < -0.4 is 10.2 Å². The monoisotopic (exact) mass is 446 g/mol. The number of rotatable bonds is 3. The summed E-state index contributed by atoms with van der Waals surface area (Å²) in [7, 11) is 1.82. The van der Waals surface area contributed by atoms with Crippen LogP contribution in [-0.2, 0) is 0 Å².